The molecule has 10 nitrogen and oxygen atoms in total. The fourth-order valence-electron chi connectivity index (χ4n) is 3.63. The Morgan fingerprint density at radius 2 is 1.94 bits per heavy atom. The van der Waals surface area contributed by atoms with Crippen LogP contribution in [0.4, 0.5) is 5.82 Å². The van der Waals surface area contributed by atoms with Crippen molar-refractivity contribution >= 4 is 29.4 Å². The number of methoxy groups -OCH3 is 1. The molecule has 35 heavy (non-hydrogen) atoms. The lowest BCUT2D eigenvalue weighted by Gasteiger charge is -2.35. The summed E-state index contributed by atoms with van der Waals surface area (Å²) in [7, 11) is 1.63. The predicted octanol–water partition coefficient (Wildman–Crippen LogP) is 2.50. The van der Waals surface area contributed by atoms with Crippen molar-refractivity contribution in [3.63, 3.8) is 0 Å². The number of nitrogens with zero attached hydrogens (tertiary/aromatic N) is 5. The Kier molecular flexibility index (Phi) is 8.32. The van der Waals surface area contributed by atoms with Crippen LogP contribution in [0.1, 0.15) is 34.6 Å². The van der Waals surface area contributed by atoms with Crippen molar-refractivity contribution in [2.45, 2.75) is 31.0 Å². The van der Waals surface area contributed by atoms with Crippen LogP contribution in [0, 0.1) is 0 Å². The van der Waals surface area contributed by atoms with Gasteiger partial charge in [0.1, 0.15) is 11.6 Å². The number of hydrogen-bond acceptors (Lipinski definition) is 9. The molecule has 0 unspecified atom stereocenters. The maximum Gasteiger partial charge on any atom is 0.287 e. The van der Waals surface area contributed by atoms with Gasteiger partial charge in [0.25, 0.3) is 5.91 Å². The predicted molar refractivity (Wildman–Crippen MR) is 131 cm³/mol. The minimum atomic E-state index is -0.294. The Hall–Kier alpha value is -3.44. The number of thioether (sulfide) groups is 1. The molecule has 0 radical (unpaired) electrons. The maximum atomic E-state index is 12.4. The second kappa shape index (κ2) is 11.8. The molecule has 0 spiro atoms. The van der Waals surface area contributed by atoms with Gasteiger partial charge in [-0.2, -0.15) is 0 Å². The average molecular weight is 497 g/mol. The average Bonchev–Trinajstić information content (AvgIpc) is 3.36. The lowest BCUT2D eigenvalue weighted by molar-refractivity contribution is -0.129. The molecule has 4 heterocycles. The van der Waals surface area contributed by atoms with E-state index in [0.717, 1.165) is 17.2 Å². The highest BCUT2D eigenvalue weighted by Crippen LogP contribution is 2.25. The molecular formula is C24H28N6O4S. The maximum absolute atomic E-state index is 12.4. The summed E-state index contributed by atoms with van der Waals surface area (Å²) >= 11 is 1.43. The number of carbonyl (C=O) groups excluding carboxylic acids is 2. The molecule has 3 aromatic rings. The molecule has 0 aliphatic carbocycles. The standard InChI is InChI=1S/C24H28N6O4S/c1-17(31)29-9-11-30(12-10-29)22-13-19(15-33-2)27-24(28-22)35-16-20-6-7-21(34-20)23(32)26-14-18-5-3-4-8-25-18/h3-8,13H,9-12,14-16H2,1-2H3,(H,26,32). The summed E-state index contributed by atoms with van der Waals surface area (Å²) in [5.74, 6) is 1.97. The lowest BCUT2D eigenvalue weighted by atomic mass is 10.3. The third kappa shape index (κ3) is 6.80. The lowest BCUT2D eigenvalue weighted by Crippen LogP contribution is -2.48. The van der Waals surface area contributed by atoms with Crippen molar-refractivity contribution < 1.29 is 18.7 Å². The van der Waals surface area contributed by atoms with Crippen molar-refractivity contribution in [1.29, 1.82) is 0 Å². The number of aromatic nitrogens is 3. The molecule has 11 heteroatoms. The fraction of sp³-hybridized carbons (Fsp3) is 0.375. The van der Waals surface area contributed by atoms with E-state index in [9.17, 15) is 9.59 Å². The van der Waals surface area contributed by atoms with Gasteiger partial charge in [-0.15, -0.1) is 0 Å². The monoisotopic (exact) mass is 496 g/mol. The van der Waals surface area contributed by atoms with Crippen LogP contribution in [0.5, 0.6) is 0 Å². The molecule has 2 amide bonds. The Balaban J connectivity index is 1.37. The minimum Gasteiger partial charge on any atom is -0.455 e. The van der Waals surface area contributed by atoms with E-state index in [4.69, 9.17) is 14.1 Å². The van der Waals surface area contributed by atoms with Gasteiger partial charge in [-0.1, -0.05) is 17.8 Å². The van der Waals surface area contributed by atoms with E-state index < -0.39 is 0 Å². The normalized spacial score (nSPS) is 13.7. The number of ether oxygens (including phenoxy) is 1. The van der Waals surface area contributed by atoms with Crippen molar-refractivity contribution in [2.24, 2.45) is 0 Å². The van der Waals surface area contributed by atoms with Gasteiger partial charge in [-0.25, -0.2) is 9.97 Å². The van der Waals surface area contributed by atoms with Crippen LogP contribution in [0.3, 0.4) is 0 Å². The summed E-state index contributed by atoms with van der Waals surface area (Å²) < 4.78 is 11.0. The van der Waals surface area contributed by atoms with Gasteiger partial charge >= 0.3 is 0 Å². The van der Waals surface area contributed by atoms with Crippen LogP contribution in [-0.4, -0.2) is 65.0 Å². The Morgan fingerprint density at radius 1 is 1.11 bits per heavy atom. The van der Waals surface area contributed by atoms with E-state index in [-0.39, 0.29) is 17.6 Å². The summed E-state index contributed by atoms with van der Waals surface area (Å²) in [4.78, 5) is 41.5. The first-order valence-electron chi connectivity index (χ1n) is 11.3. The van der Waals surface area contributed by atoms with Crippen molar-refractivity contribution in [3.8, 4) is 0 Å². The number of furan rings is 1. The van der Waals surface area contributed by atoms with E-state index in [0.29, 0.717) is 56.0 Å². The minimum absolute atomic E-state index is 0.0897. The number of carbonyl (C=O) groups is 2. The van der Waals surface area contributed by atoms with E-state index in [2.05, 4.69) is 20.2 Å². The Labute approximate surface area is 208 Å². The smallest absolute Gasteiger partial charge is 0.287 e. The van der Waals surface area contributed by atoms with E-state index in [1.807, 2.05) is 29.2 Å². The number of pyridine rings is 1. The van der Waals surface area contributed by atoms with Crippen LogP contribution in [0.15, 0.2) is 52.2 Å². The molecule has 1 aliphatic heterocycles. The van der Waals surface area contributed by atoms with Gasteiger partial charge < -0.3 is 24.3 Å². The molecule has 1 saturated heterocycles. The van der Waals surface area contributed by atoms with Crippen LogP contribution >= 0.6 is 11.8 Å². The molecule has 184 valence electrons. The van der Waals surface area contributed by atoms with E-state index in [1.165, 1.54) is 11.8 Å². The molecule has 1 N–H and O–H groups in total. The largest absolute Gasteiger partial charge is 0.455 e. The fourth-order valence-corrected chi connectivity index (χ4v) is 4.40. The summed E-state index contributed by atoms with van der Waals surface area (Å²) in [5, 5.41) is 3.41. The first kappa shape index (κ1) is 24.7. The number of hydrogen-bond donors (Lipinski definition) is 1. The van der Waals surface area contributed by atoms with Gasteiger partial charge in [0, 0.05) is 52.5 Å². The summed E-state index contributed by atoms with van der Waals surface area (Å²) in [6.07, 6.45) is 1.69. The van der Waals surface area contributed by atoms with Gasteiger partial charge in [0.2, 0.25) is 5.91 Å². The van der Waals surface area contributed by atoms with Crippen molar-refractivity contribution in [2.75, 3.05) is 38.2 Å². The first-order chi connectivity index (χ1) is 17.0. The first-order valence-corrected chi connectivity index (χ1v) is 12.3. The summed E-state index contributed by atoms with van der Waals surface area (Å²) in [5.41, 5.74) is 1.55. The van der Waals surface area contributed by atoms with E-state index >= 15 is 0 Å². The topological polar surface area (TPSA) is 114 Å². The van der Waals surface area contributed by atoms with Crippen LogP contribution in [0.25, 0.3) is 0 Å². The highest BCUT2D eigenvalue weighted by atomic mass is 32.2. The van der Waals surface area contributed by atoms with Crippen molar-refractivity contribution in [1.82, 2.24) is 25.2 Å². The second-order valence-corrected chi connectivity index (χ2v) is 8.93. The number of amides is 2. The molecule has 0 bridgehead atoms. The van der Waals surface area contributed by atoms with Gasteiger partial charge in [0.15, 0.2) is 10.9 Å². The zero-order valence-electron chi connectivity index (χ0n) is 19.8. The summed E-state index contributed by atoms with van der Waals surface area (Å²) in [6.45, 7) is 5.05. The van der Waals surface area contributed by atoms with Gasteiger partial charge in [0.05, 0.1) is 30.3 Å². The SMILES string of the molecule is COCc1cc(N2CCN(C(C)=O)CC2)nc(SCc2ccc(C(=O)NCc3ccccn3)o2)n1. The molecule has 0 atom stereocenters. The molecular weight excluding hydrogens is 468 g/mol. The number of rotatable bonds is 9. The van der Waals surface area contributed by atoms with Crippen LogP contribution < -0.4 is 10.2 Å². The zero-order chi connectivity index (χ0) is 24.6. The highest BCUT2D eigenvalue weighted by molar-refractivity contribution is 7.98. The number of piperazine rings is 1. The zero-order valence-corrected chi connectivity index (χ0v) is 20.6. The summed E-state index contributed by atoms with van der Waals surface area (Å²) in [6, 6.07) is 10.9. The second-order valence-electron chi connectivity index (χ2n) is 7.98. The molecule has 4 rings (SSSR count). The Morgan fingerprint density at radius 3 is 2.66 bits per heavy atom. The molecule has 0 aromatic carbocycles. The van der Waals surface area contributed by atoms with Crippen molar-refractivity contribution in [3.05, 3.63) is 65.5 Å². The molecule has 1 fully saturated rings. The van der Waals surface area contributed by atoms with E-state index in [1.54, 1.807) is 32.4 Å². The highest BCUT2D eigenvalue weighted by Gasteiger charge is 2.21. The quantitative estimate of drug-likeness (QED) is 0.352. The third-order valence-corrected chi connectivity index (χ3v) is 6.34. The number of nitrogens with one attached hydrogen (secondary N) is 1. The molecule has 0 saturated carbocycles. The molecule has 1 aliphatic rings. The molecule has 3 aromatic heterocycles. The third-order valence-electron chi connectivity index (χ3n) is 5.47. The number of anilines is 1. The van der Waals surface area contributed by atoms with Gasteiger partial charge in [-0.3, -0.25) is 14.6 Å². The van der Waals surface area contributed by atoms with Crippen LogP contribution in [-0.2, 0) is 28.4 Å². The van der Waals surface area contributed by atoms with Gasteiger partial charge in [-0.05, 0) is 24.3 Å². The Bertz CT molecular complexity index is 1150. The van der Waals surface area contributed by atoms with Crippen LogP contribution in [0.2, 0.25) is 0 Å².